The van der Waals surface area contributed by atoms with Gasteiger partial charge in [0, 0.05) is 16.7 Å². The van der Waals surface area contributed by atoms with E-state index in [0.717, 1.165) is 6.07 Å². The SMILES string of the molecule is CCOC(=O)C=C(CC)c1cc(Cl)cc(F)c1N. The van der Waals surface area contributed by atoms with E-state index in [2.05, 4.69) is 0 Å². The fourth-order valence-corrected chi connectivity index (χ4v) is 1.75. The van der Waals surface area contributed by atoms with E-state index in [1.54, 1.807) is 6.92 Å². The third-order valence-corrected chi connectivity index (χ3v) is 2.62. The van der Waals surface area contributed by atoms with E-state index in [-0.39, 0.29) is 17.3 Å². The number of hydrogen-bond acceptors (Lipinski definition) is 3. The van der Waals surface area contributed by atoms with E-state index in [1.807, 2.05) is 6.92 Å². The number of nitrogens with two attached hydrogens (primary N) is 1. The van der Waals surface area contributed by atoms with Gasteiger partial charge in [0.2, 0.25) is 0 Å². The predicted molar refractivity (Wildman–Crippen MR) is 70.7 cm³/mol. The molecule has 0 atom stereocenters. The molecule has 0 spiro atoms. The Morgan fingerprint density at radius 2 is 2.17 bits per heavy atom. The maximum absolute atomic E-state index is 13.5. The van der Waals surface area contributed by atoms with E-state index < -0.39 is 11.8 Å². The molecular weight excluding hydrogens is 257 g/mol. The normalized spacial score (nSPS) is 11.4. The van der Waals surface area contributed by atoms with Crippen LogP contribution in [0.25, 0.3) is 5.57 Å². The molecule has 0 aromatic heterocycles. The summed E-state index contributed by atoms with van der Waals surface area (Å²) in [6.45, 7) is 3.83. The molecule has 0 fully saturated rings. The first-order valence-electron chi connectivity index (χ1n) is 5.61. The van der Waals surface area contributed by atoms with Crippen LogP contribution in [0.1, 0.15) is 25.8 Å². The number of carbonyl (C=O) groups is 1. The highest BCUT2D eigenvalue weighted by atomic mass is 35.5. The van der Waals surface area contributed by atoms with Crippen LogP contribution in [0.4, 0.5) is 10.1 Å². The Labute approximate surface area is 110 Å². The fraction of sp³-hybridized carbons (Fsp3) is 0.308. The lowest BCUT2D eigenvalue weighted by atomic mass is 10.0. The van der Waals surface area contributed by atoms with Crippen LogP contribution in [0, 0.1) is 5.82 Å². The van der Waals surface area contributed by atoms with Gasteiger partial charge >= 0.3 is 5.97 Å². The molecule has 0 unspecified atom stereocenters. The molecule has 1 aromatic carbocycles. The summed E-state index contributed by atoms with van der Waals surface area (Å²) in [5, 5.41) is 0.236. The van der Waals surface area contributed by atoms with Crippen molar-refractivity contribution in [2.24, 2.45) is 0 Å². The lowest BCUT2D eigenvalue weighted by Crippen LogP contribution is -2.03. The zero-order valence-corrected chi connectivity index (χ0v) is 11.1. The van der Waals surface area contributed by atoms with Gasteiger partial charge in [-0.1, -0.05) is 18.5 Å². The molecule has 5 heteroatoms. The molecule has 18 heavy (non-hydrogen) atoms. The first-order chi connectivity index (χ1) is 8.49. The van der Waals surface area contributed by atoms with Crippen molar-refractivity contribution in [3.05, 3.63) is 34.6 Å². The molecule has 2 N–H and O–H groups in total. The number of esters is 1. The van der Waals surface area contributed by atoms with Crippen LogP contribution >= 0.6 is 11.6 Å². The van der Waals surface area contributed by atoms with Crippen molar-refractivity contribution in [2.75, 3.05) is 12.3 Å². The summed E-state index contributed by atoms with van der Waals surface area (Å²) in [6.07, 6.45) is 1.83. The standard InChI is InChI=1S/C13H15ClFNO2/c1-3-8(5-12(17)18-4-2)10-6-9(14)7-11(15)13(10)16/h5-7H,3-4,16H2,1-2H3. The highest BCUT2D eigenvalue weighted by Crippen LogP contribution is 2.29. The van der Waals surface area contributed by atoms with Gasteiger partial charge in [-0.25, -0.2) is 9.18 Å². The number of anilines is 1. The van der Waals surface area contributed by atoms with E-state index in [0.29, 0.717) is 17.6 Å². The smallest absolute Gasteiger partial charge is 0.331 e. The number of benzene rings is 1. The first kappa shape index (κ1) is 14.5. The quantitative estimate of drug-likeness (QED) is 0.519. The number of nitrogen functional groups attached to an aromatic ring is 1. The zero-order valence-electron chi connectivity index (χ0n) is 10.3. The molecule has 0 aliphatic heterocycles. The Morgan fingerprint density at radius 1 is 1.50 bits per heavy atom. The van der Waals surface area contributed by atoms with Gasteiger partial charge in [0.05, 0.1) is 12.3 Å². The lowest BCUT2D eigenvalue weighted by Gasteiger charge is -2.10. The summed E-state index contributed by atoms with van der Waals surface area (Å²) in [5.74, 6) is -1.07. The zero-order chi connectivity index (χ0) is 13.7. The Hall–Kier alpha value is -1.55. The molecule has 0 saturated carbocycles. The Kier molecular flexibility index (Phi) is 5.16. The van der Waals surface area contributed by atoms with Crippen molar-refractivity contribution in [1.82, 2.24) is 0 Å². The van der Waals surface area contributed by atoms with Crippen molar-refractivity contribution >= 4 is 28.8 Å². The van der Waals surface area contributed by atoms with Crippen molar-refractivity contribution in [3.8, 4) is 0 Å². The summed E-state index contributed by atoms with van der Waals surface area (Å²) >= 11 is 5.78. The summed E-state index contributed by atoms with van der Waals surface area (Å²) in [4.78, 5) is 11.4. The van der Waals surface area contributed by atoms with Crippen LogP contribution in [-0.2, 0) is 9.53 Å². The number of allylic oxidation sites excluding steroid dienone is 1. The number of halogens is 2. The van der Waals surface area contributed by atoms with Crippen LogP contribution in [-0.4, -0.2) is 12.6 Å². The molecule has 0 radical (unpaired) electrons. The van der Waals surface area contributed by atoms with Gasteiger partial charge in [0.15, 0.2) is 0 Å². The molecule has 0 aliphatic carbocycles. The van der Waals surface area contributed by atoms with Gasteiger partial charge in [-0.15, -0.1) is 0 Å². The molecule has 3 nitrogen and oxygen atoms in total. The van der Waals surface area contributed by atoms with Crippen molar-refractivity contribution in [2.45, 2.75) is 20.3 Å². The van der Waals surface area contributed by atoms with Gasteiger partial charge in [0.25, 0.3) is 0 Å². The summed E-state index contributed by atoms with van der Waals surface area (Å²) in [6, 6.07) is 2.67. The molecule has 1 aromatic rings. The van der Waals surface area contributed by atoms with Crippen LogP contribution in [0.5, 0.6) is 0 Å². The molecule has 0 amide bonds. The van der Waals surface area contributed by atoms with Crippen LogP contribution < -0.4 is 5.73 Å². The molecule has 98 valence electrons. The Morgan fingerprint density at radius 3 is 2.72 bits per heavy atom. The van der Waals surface area contributed by atoms with Crippen molar-refractivity contribution in [1.29, 1.82) is 0 Å². The van der Waals surface area contributed by atoms with Crippen molar-refractivity contribution in [3.63, 3.8) is 0 Å². The average Bonchev–Trinajstić information content (AvgIpc) is 2.31. The molecular formula is C13H15ClFNO2. The van der Waals surface area contributed by atoms with Crippen LogP contribution in [0.2, 0.25) is 5.02 Å². The maximum Gasteiger partial charge on any atom is 0.331 e. The summed E-state index contributed by atoms with van der Waals surface area (Å²) in [7, 11) is 0. The van der Waals surface area contributed by atoms with E-state index in [9.17, 15) is 9.18 Å². The second kappa shape index (κ2) is 6.40. The largest absolute Gasteiger partial charge is 0.463 e. The molecule has 0 saturated heterocycles. The second-order valence-corrected chi connectivity index (χ2v) is 4.06. The van der Waals surface area contributed by atoms with E-state index in [1.165, 1.54) is 12.1 Å². The highest BCUT2D eigenvalue weighted by molar-refractivity contribution is 6.30. The minimum Gasteiger partial charge on any atom is -0.463 e. The Balaban J connectivity index is 3.21. The number of carbonyl (C=O) groups excluding carboxylic acids is 1. The number of rotatable bonds is 4. The predicted octanol–water partition coefficient (Wildman–Crippen LogP) is 3.42. The van der Waals surface area contributed by atoms with Crippen LogP contribution in [0.3, 0.4) is 0 Å². The maximum atomic E-state index is 13.5. The molecule has 0 bridgehead atoms. The fourth-order valence-electron chi connectivity index (χ4n) is 1.55. The summed E-state index contributed by atoms with van der Waals surface area (Å²) in [5.41, 5.74) is 6.65. The van der Waals surface area contributed by atoms with Crippen LogP contribution in [0.15, 0.2) is 18.2 Å². The third kappa shape index (κ3) is 3.47. The molecule has 0 heterocycles. The topological polar surface area (TPSA) is 52.3 Å². The van der Waals surface area contributed by atoms with Gasteiger partial charge in [0.1, 0.15) is 5.82 Å². The Bertz CT molecular complexity index is 486. The molecule has 1 rings (SSSR count). The first-order valence-corrected chi connectivity index (χ1v) is 5.99. The highest BCUT2D eigenvalue weighted by Gasteiger charge is 2.12. The average molecular weight is 272 g/mol. The lowest BCUT2D eigenvalue weighted by molar-refractivity contribution is -0.137. The van der Waals surface area contributed by atoms with Gasteiger partial charge in [-0.2, -0.15) is 0 Å². The second-order valence-electron chi connectivity index (χ2n) is 3.62. The third-order valence-electron chi connectivity index (χ3n) is 2.40. The van der Waals surface area contributed by atoms with Gasteiger partial charge in [-0.3, -0.25) is 0 Å². The number of hydrogen-bond donors (Lipinski definition) is 1. The van der Waals surface area contributed by atoms with Gasteiger partial charge < -0.3 is 10.5 Å². The van der Waals surface area contributed by atoms with E-state index >= 15 is 0 Å². The monoisotopic (exact) mass is 271 g/mol. The summed E-state index contributed by atoms with van der Waals surface area (Å²) < 4.78 is 18.3. The van der Waals surface area contributed by atoms with Gasteiger partial charge in [-0.05, 0) is 31.1 Å². The van der Waals surface area contributed by atoms with Crippen molar-refractivity contribution < 1.29 is 13.9 Å². The minimum absolute atomic E-state index is 0.0169. The van der Waals surface area contributed by atoms with E-state index in [4.69, 9.17) is 22.1 Å². The number of ether oxygens (including phenoxy) is 1. The molecule has 0 aliphatic rings. The minimum atomic E-state index is -0.597.